The summed E-state index contributed by atoms with van der Waals surface area (Å²) in [5.41, 5.74) is 1.29. The molecular weight excluding hydrogens is 244 g/mol. The fourth-order valence-electron chi connectivity index (χ4n) is 1.50. The first-order valence-corrected chi connectivity index (χ1v) is 7.74. The zero-order valence-electron chi connectivity index (χ0n) is 11.0. The van der Waals surface area contributed by atoms with E-state index in [1.54, 1.807) is 30.3 Å². The third-order valence-corrected chi connectivity index (χ3v) is 4.09. The van der Waals surface area contributed by atoms with Crippen LogP contribution in [0.1, 0.15) is 26.7 Å². The molecule has 1 aromatic carbocycles. The molecule has 98 valence electrons. The van der Waals surface area contributed by atoms with E-state index in [-0.39, 0.29) is 5.75 Å². The Bertz CT molecular complexity index is 507. The second-order valence-corrected chi connectivity index (χ2v) is 6.46. The maximum atomic E-state index is 11.9. The Morgan fingerprint density at radius 1 is 1.06 bits per heavy atom. The number of hydrogen-bond acceptors (Lipinski definition) is 2. The monoisotopic (exact) mass is 264 g/mol. The zero-order valence-corrected chi connectivity index (χ0v) is 11.8. The van der Waals surface area contributed by atoms with Crippen LogP contribution in [-0.4, -0.2) is 14.2 Å². The molecule has 0 aliphatic rings. The van der Waals surface area contributed by atoms with Crippen LogP contribution in [0.5, 0.6) is 0 Å². The number of rotatable bonds is 6. The van der Waals surface area contributed by atoms with Crippen LogP contribution in [-0.2, 0) is 9.84 Å². The molecule has 0 aliphatic carbocycles. The summed E-state index contributed by atoms with van der Waals surface area (Å²) in [7, 11) is -3.17. The summed E-state index contributed by atoms with van der Waals surface area (Å²) in [5, 5.41) is 0. The molecule has 0 bridgehead atoms. The Balaban J connectivity index is 2.48. The predicted octanol–water partition coefficient (Wildman–Crippen LogP) is 3.76. The van der Waals surface area contributed by atoms with Gasteiger partial charge in [0.25, 0.3) is 0 Å². The molecule has 0 amide bonds. The van der Waals surface area contributed by atoms with Gasteiger partial charge in [0.05, 0.1) is 10.6 Å². The van der Waals surface area contributed by atoms with Crippen LogP contribution in [0.25, 0.3) is 0 Å². The van der Waals surface area contributed by atoms with Gasteiger partial charge >= 0.3 is 0 Å². The molecule has 0 heterocycles. The van der Waals surface area contributed by atoms with Gasteiger partial charge in [-0.15, -0.1) is 0 Å². The van der Waals surface area contributed by atoms with E-state index in [9.17, 15) is 8.42 Å². The molecule has 3 heteroatoms. The van der Waals surface area contributed by atoms with Crippen molar-refractivity contribution in [3.63, 3.8) is 0 Å². The third kappa shape index (κ3) is 5.32. The normalized spacial score (nSPS) is 11.7. The minimum Gasteiger partial charge on any atom is -0.223 e. The van der Waals surface area contributed by atoms with Crippen molar-refractivity contribution in [2.45, 2.75) is 31.6 Å². The van der Waals surface area contributed by atoms with Crippen LogP contribution < -0.4 is 0 Å². The van der Waals surface area contributed by atoms with E-state index < -0.39 is 9.84 Å². The predicted molar refractivity (Wildman–Crippen MR) is 76.3 cm³/mol. The first kappa shape index (κ1) is 14.7. The molecule has 0 fully saturated rings. The fourth-order valence-corrected chi connectivity index (χ4v) is 2.66. The summed E-state index contributed by atoms with van der Waals surface area (Å²) in [6, 6.07) is 8.56. The highest BCUT2D eigenvalue weighted by molar-refractivity contribution is 7.91. The van der Waals surface area contributed by atoms with Crippen molar-refractivity contribution in [1.82, 2.24) is 0 Å². The van der Waals surface area contributed by atoms with Crippen LogP contribution in [0.3, 0.4) is 0 Å². The first-order valence-electron chi connectivity index (χ1n) is 6.08. The molecule has 0 aliphatic heterocycles. The van der Waals surface area contributed by atoms with Gasteiger partial charge in [-0.3, -0.25) is 0 Å². The van der Waals surface area contributed by atoms with Gasteiger partial charge in [-0.1, -0.05) is 42.0 Å². The van der Waals surface area contributed by atoms with Crippen molar-refractivity contribution in [2.24, 2.45) is 0 Å². The minimum atomic E-state index is -3.17. The SMILES string of the molecule is CC(C)=CCCC=CCS(=O)(=O)c1ccccc1. The second-order valence-electron chi connectivity index (χ2n) is 4.42. The van der Waals surface area contributed by atoms with Crippen molar-refractivity contribution in [1.29, 1.82) is 0 Å². The highest BCUT2D eigenvalue weighted by Gasteiger charge is 2.10. The van der Waals surface area contributed by atoms with Crippen molar-refractivity contribution >= 4 is 9.84 Å². The molecule has 0 N–H and O–H groups in total. The van der Waals surface area contributed by atoms with E-state index in [1.165, 1.54) is 5.57 Å². The van der Waals surface area contributed by atoms with Gasteiger partial charge in [0, 0.05) is 0 Å². The molecule has 0 spiro atoms. The quantitative estimate of drug-likeness (QED) is 0.579. The van der Waals surface area contributed by atoms with E-state index in [2.05, 4.69) is 19.9 Å². The Kier molecular flexibility index (Phi) is 5.86. The molecular formula is C15H20O2S. The number of sulfone groups is 1. The smallest absolute Gasteiger partial charge is 0.181 e. The number of allylic oxidation sites excluding steroid dienone is 3. The largest absolute Gasteiger partial charge is 0.223 e. The fraction of sp³-hybridized carbons (Fsp3) is 0.333. The van der Waals surface area contributed by atoms with Crippen LogP contribution in [0, 0.1) is 0 Å². The van der Waals surface area contributed by atoms with Gasteiger partial charge in [-0.25, -0.2) is 8.42 Å². The first-order chi connectivity index (χ1) is 8.52. The highest BCUT2D eigenvalue weighted by atomic mass is 32.2. The molecule has 0 unspecified atom stereocenters. The Morgan fingerprint density at radius 2 is 1.72 bits per heavy atom. The molecule has 0 saturated heterocycles. The van der Waals surface area contributed by atoms with E-state index in [0.717, 1.165) is 12.8 Å². The summed E-state index contributed by atoms with van der Waals surface area (Å²) in [6.07, 6.45) is 7.66. The minimum absolute atomic E-state index is 0.0752. The Labute approximate surface area is 110 Å². The molecule has 0 saturated carbocycles. The van der Waals surface area contributed by atoms with Crippen molar-refractivity contribution in [2.75, 3.05) is 5.75 Å². The van der Waals surface area contributed by atoms with Gasteiger partial charge in [0.2, 0.25) is 0 Å². The van der Waals surface area contributed by atoms with E-state index in [1.807, 2.05) is 12.1 Å². The molecule has 0 aromatic heterocycles. The van der Waals surface area contributed by atoms with Crippen molar-refractivity contribution < 1.29 is 8.42 Å². The number of hydrogen-bond donors (Lipinski definition) is 0. The second kappa shape index (κ2) is 7.17. The number of benzene rings is 1. The highest BCUT2D eigenvalue weighted by Crippen LogP contribution is 2.10. The van der Waals surface area contributed by atoms with Crippen LogP contribution in [0.4, 0.5) is 0 Å². The Morgan fingerprint density at radius 3 is 2.33 bits per heavy atom. The van der Waals surface area contributed by atoms with Gasteiger partial charge in [0.1, 0.15) is 0 Å². The summed E-state index contributed by atoms with van der Waals surface area (Å²) in [4.78, 5) is 0.388. The molecule has 1 rings (SSSR count). The van der Waals surface area contributed by atoms with Crippen molar-refractivity contribution in [3.05, 3.63) is 54.1 Å². The van der Waals surface area contributed by atoms with Gasteiger partial charge in [0.15, 0.2) is 9.84 Å². The third-order valence-electron chi connectivity index (χ3n) is 2.47. The van der Waals surface area contributed by atoms with Crippen LogP contribution >= 0.6 is 0 Å². The lowest BCUT2D eigenvalue weighted by molar-refractivity contribution is 0.599. The summed E-state index contributed by atoms with van der Waals surface area (Å²) in [5.74, 6) is 0.0752. The van der Waals surface area contributed by atoms with Gasteiger partial charge in [-0.2, -0.15) is 0 Å². The number of unbranched alkanes of at least 4 members (excludes halogenated alkanes) is 1. The van der Waals surface area contributed by atoms with E-state index in [4.69, 9.17) is 0 Å². The molecule has 0 atom stereocenters. The van der Waals surface area contributed by atoms with Crippen LogP contribution in [0.15, 0.2) is 59.0 Å². The molecule has 0 radical (unpaired) electrons. The average molecular weight is 264 g/mol. The van der Waals surface area contributed by atoms with E-state index >= 15 is 0 Å². The lowest BCUT2D eigenvalue weighted by Gasteiger charge is -2.00. The average Bonchev–Trinajstić information content (AvgIpc) is 2.34. The maximum absolute atomic E-state index is 11.9. The standard InChI is InChI=1S/C15H20O2S/c1-14(2)10-6-3-4-9-13-18(16,17)15-11-7-5-8-12-15/h4-5,7-12H,3,6,13H2,1-2H3. The maximum Gasteiger partial charge on any atom is 0.181 e. The van der Waals surface area contributed by atoms with E-state index in [0.29, 0.717) is 4.90 Å². The summed E-state index contributed by atoms with van der Waals surface area (Å²) >= 11 is 0. The van der Waals surface area contributed by atoms with Gasteiger partial charge < -0.3 is 0 Å². The molecule has 2 nitrogen and oxygen atoms in total. The topological polar surface area (TPSA) is 34.1 Å². The molecule has 1 aromatic rings. The summed E-state index contributed by atoms with van der Waals surface area (Å²) in [6.45, 7) is 4.12. The Hall–Kier alpha value is -1.35. The molecule has 18 heavy (non-hydrogen) atoms. The van der Waals surface area contributed by atoms with Crippen LogP contribution in [0.2, 0.25) is 0 Å². The lowest BCUT2D eigenvalue weighted by atomic mass is 10.2. The lowest BCUT2D eigenvalue weighted by Crippen LogP contribution is -2.04. The van der Waals surface area contributed by atoms with Gasteiger partial charge in [-0.05, 0) is 38.8 Å². The summed E-state index contributed by atoms with van der Waals surface area (Å²) < 4.78 is 23.8. The van der Waals surface area contributed by atoms with Crippen molar-refractivity contribution in [3.8, 4) is 0 Å². The zero-order chi connectivity index (χ0) is 13.4.